The van der Waals surface area contributed by atoms with Gasteiger partial charge in [-0.25, -0.2) is 14.8 Å². The maximum atomic E-state index is 11.9. The third-order valence-electron chi connectivity index (χ3n) is 5.77. The fourth-order valence-corrected chi connectivity index (χ4v) is 3.84. The predicted octanol–water partition coefficient (Wildman–Crippen LogP) is 2.56. The molecule has 3 rings (SSSR count). The number of guanidine groups is 1. The van der Waals surface area contributed by atoms with Crippen molar-refractivity contribution in [2.75, 3.05) is 57.3 Å². The van der Waals surface area contributed by atoms with Crippen LogP contribution in [0.5, 0.6) is 0 Å². The molecular formula is C22H36N6O2. The van der Waals surface area contributed by atoms with E-state index in [0.717, 1.165) is 56.0 Å². The molecule has 0 radical (unpaired) electrons. The first kappa shape index (κ1) is 22.2. The third-order valence-corrected chi connectivity index (χ3v) is 5.77. The van der Waals surface area contributed by atoms with Crippen LogP contribution in [0.15, 0.2) is 23.3 Å². The molecule has 0 bridgehead atoms. The summed E-state index contributed by atoms with van der Waals surface area (Å²) in [6.45, 7) is 13.0. The number of pyridine rings is 1. The molecule has 0 saturated carbocycles. The van der Waals surface area contributed by atoms with E-state index in [1.54, 1.807) is 4.90 Å². The Bertz CT molecular complexity index is 692. The number of piperazine rings is 1. The van der Waals surface area contributed by atoms with Crippen molar-refractivity contribution in [1.29, 1.82) is 0 Å². The Morgan fingerprint density at radius 1 is 1.13 bits per heavy atom. The fraction of sp³-hybridized carbons (Fsp3) is 0.682. The minimum absolute atomic E-state index is 0.228. The van der Waals surface area contributed by atoms with E-state index in [-0.39, 0.29) is 6.09 Å². The summed E-state index contributed by atoms with van der Waals surface area (Å²) in [6, 6.07) is 4.25. The zero-order chi connectivity index (χ0) is 21.3. The highest BCUT2D eigenvalue weighted by Crippen LogP contribution is 2.21. The van der Waals surface area contributed by atoms with Crippen LogP contribution in [0.25, 0.3) is 0 Å². The molecule has 0 atom stereocenters. The average molecular weight is 417 g/mol. The Balaban J connectivity index is 1.55. The molecule has 2 saturated heterocycles. The van der Waals surface area contributed by atoms with Gasteiger partial charge < -0.3 is 24.8 Å². The van der Waals surface area contributed by atoms with Crippen LogP contribution in [-0.4, -0.2) is 79.3 Å². The molecule has 1 N–H and O–H groups in total. The first-order valence-electron chi connectivity index (χ1n) is 11.3. The van der Waals surface area contributed by atoms with E-state index in [2.05, 4.69) is 46.1 Å². The Morgan fingerprint density at radius 3 is 2.43 bits per heavy atom. The highest BCUT2D eigenvalue weighted by molar-refractivity contribution is 5.80. The highest BCUT2D eigenvalue weighted by Gasteiger charge is 2.23. The van der Waals surface area contributed by atoms with Gasteiger partial charge >= 0.3 is 6.09 Å². The molecule has 0 spiro atoms. The van der Waals surface area contributed by atoms with Crippen molar-refractivity contribution in [2.45, 2.75) is 40.2 Å². The lowest BCUT2D eigenvalue weighted by Crippen LogP contribution is -2.53. The van der Waals surface area contributed by atoms with Crippen molar-refractivity contribution in [3.63, 3.8) is 0 Å². The molecule has 8 heteroatoms. The van der Waals surface area contributed by atoms with Crippen molar-refractivity contribution in [3.05, 3.63) is 23.9 Å². The number of nitrogens with one attached hydrogen (secondary N) is 1. The van der Waals surface area contributed by atoms with E-state index >= 15 is 0 Å². The molecular weight excluding hydrogens is 380 g/mol. The summed E-state index contributed by atoms with van der Waals surface area (Å²) >= 11 is 0. The van der Waals surface area contributed by atoms with E-state index < -0.39 is 0 Å². The summed E-state index contributed by atoms with van der Waals surface area (Å²) in [4.78, 5) is 27.7. The molecule has 1 aromatic heterocycles. The van der Waals surface area contributed by atoms with Gasteiger partial charge in [0.2, 0.25) is 0 Å². The monoisotopic (exact) mass is 416 g/mol. The highest BCUT2D eigenvalue weighted by atomic mass is 16.6. The molecule has 2 aliphatic rings. The van der Waals surface area contributed by atoms with Gasteiger partial charge in [-0.05, 0) is 44.2 Å². The smallest absolute Gasteiger partial charge is 0.409 e. The number of aliphatic imine (C=N–C) groups is 1. The molecule has 2 fully saturated rings. The number of rotatable bonds is 5. The van der Waals surface area contributed by atoms with E-state index in [1.165, 1.54) is 12.8 Å². The first-order chi connectivity index (χ1) is 14.6. The Labute approximate surface area is 180 Å². The van der Waals surface area contributed by atoms with Crippen LogP contribution < -0.4 is 10.2 Å². The molecule has 0 aromatic carbocycles. The van der Waals surface area contributed by atoms with Gasteiger partial charge in [-0.3, -0.25) is 0 Å². The molecule has 30 heavy (non-hydrogen) atoms. The second kappa shape index (κ2) is 11.0. The first-order valence-corrected chi connectivity index (χ1v) is 11.3. The molecule has 0 aliphatic carbocycles. The molecule has 166 valence electrons. The number of carbonyl (C=O) groups excluding carboxylic acids is 1. The lowest BCUT2D eigenvalue weighted by atomic mass is 9.99. The van der Waals surface area contributed by atoms with Crippen LogP contribution in [0.1, 0.15) is 39.2 Å². The van der Waals surface area contributed by atoms with Crippen LogP contribution in [-0.2, 0) is 11.3 Å². The summed E-state index contributed by atoms with van der Waals surface area (Å²) in [5.41, 5.74) is 1.10. The number of ether oxygens (including phenoxy) is 1. The number of aromatic nitrogens is 1. The quantitative estimate of drug-likeness (QED) is 0.587. The zero-order valence-electron chi connectivity index (χ0n) is 18.6. The maximum Gasteiger partial charge on any atom is 0.409 e. The third kappa shape index (κ3) is 6.00. The van der Waals surface area contributed by atoms with E-state index in [1.807, 2.05) is 13.1 Å². The maximum absolute atomic E-state index is 11.9. The number of piperidine rings is 1. The van der Waals surface area contributed by atoms with Crippen molar-refractivity contribution in [2.24, 2.45) is 10.9 Å². The van der Waals surface area contributed by atoms with E-state index in [9.17, 15) is 4.79 Å². The van der Waals surface area contributed by atoms with Crippen LogP contribution in [0.4, 0.5) is 10.6 Å². The Morgan fingerprint density at radius 2 is 1.83 bits per heavy atom. The van der Waals surface area contributed by atoms with Gasteiger partial charge in [0.1, 0.15) is 5.82 Å². The summed E-state index contributed by atoms with van der Waals surface area (Å²) < 4.78 is 5.10. The second-order valence-electron chi connectivity index (χ2n) is 8.04. The number of amides is 1. The van der Waals surface area contributed by atoms with Gasteiger partial charge in [-0.15, -0.1) is 0 Å². The van der Waals surface area contributed by atoms with E-state index in [4.69, 9.17) is 9.73 Å². The van der Waals surface area contributed by atoms with Crippen LogP contribution in [0.2, 0.25) is 0 Å². The zero-order valence-corrected chi connectivity index (χ0v) is 18.6. The average Bonchev–Trinajstić information content (AvgIpc) is 2.78. The summed E-state index contributed by atoms with van der Waals surface area (Å²) in [5.74, 6) is 2.77. The number of anilines is 1. The van der Waals surface area contributed by atoms with Gasteiger partial charge in [-0.2, -0.15) is 0 Å². The van der Waals surface area contributed by atoms with Gasteiger partial charge in [0.15, 0.2) is 5.96 Å². The van der Waals surface area contributed by atoms with Gasteiger partial charge in [0.05, 0.1) is 13.2 Å². The molecule has 2 aliphatic heterocycles. The SMILES string of the molecule is CCNC(=NCc1ccc(N2CCC(C)CC2)nc1)N1CCN(C(=O)OCC)CC1. The Hall–Kier alpha value is -2.51. The van der Waals surface area contributed by atoms with Crippen molar-refractivity contribution >= 4 is 17.9 Å². The number of hydrogen-bond donors (Lipinski definition) is 1. The van der Waals surface area contributed by atoms with Crippen LogP contribution in [0, 0.1) is 5.92 Å². The molecule has 1 amide bonds. The van der Waals surface area contributed by atoms with Crippen LogP contribution in [0.3, 0.4) is 0 Å². The molecule has 1 aromatic rings. The summed E-state index contributed by atoms with van der Waals surface area (Å²) in [6.07, 6.45) is 4.19. The second-order valence-corrected chi connectivity index (χ2v) is 8.04. The Kier molecular flexibility index (Phi) is 8.16. The topological polar surface area (TPSA) is 73.3 Å². The molecule has 0 unspecified atom stereocenters. The largest absolute Gasteiger partial charge is 0.450 e. The fourth-order valence-electron chi connectivity index (χ4n) is 3.84. The number of hydrogen-bond acceptors (Lipinski definition) is 5. The molecule has 3 heterocycles. The lowest BCUT2D eigenvalue weighted by molar-refractivity contribution is 0.0914. The van der Waals surface area contributed by atoms with Gasteiger partial charge in [0, 0.05) is 52.0 Å². The van der Waals surface area contributed by atoms with Gasteiger partial charge in [-0.1, -0.05) is 13.0 Å². The van der Waals surface area contributed by atoms with Crippen molar-refractivity contribution in [3.8, 4) is 0 Å². The van der Waals surface area contributed by atoms with Crippen molar-refractivity contribution in [1.82, 2.24) is 20.1 Å². The lowest BCUT2D eigenvalue weighted by Gasteiger charge is -2.35. The predicted molar refractivity (Wildman–Crippen MR) is 120 cm³/mol. The normalized spacial score (nSPS) is 18.5. The minimum atomic E-state index is -0.228. The number of carbonyl (C=O) groups is 1. The van der Waals surface area contributed by atoms with E-state index in [0.29, 0.717) is 26.2 Å². The van der Waals surface area contributed by atoms with Crippen molar-refractivity contribution < 1.29 is 9.53 Å². The standard InChI is InChI=1S/C22H36N6O2/c1-4-23-21(27-12-14-28(15-13-27)22(29)30-5-2)25-17-19-6-7-20(24-16-19)26-10-8-18(3)9-11-26/h6-7,16,18H,4-5,8-15,17H2,1-3H3,(H,23,25). The summed E-state index contributed by atoms with van der Waals surface area (Å²) in [5, 5.41) is 3.37. The van der Waals surface area contributed by atoms with Crippen LogP contribution >= 0.6 is 0 Å². The summed E-state index contributed by atoms with van der Waals surface area (Å²) in [7, 11) is 0. The number of nitrogens with zero attached hydrogens (tertiary/aromatic N) is 5. The van der Waals surface area contributed by atoms with Gasteiger partial charge in [0.25, 0.3) is 0 Å². The molecule has 8 nitrogen and oxygen atoms in total. The minimum Gasteiger partial charge on any atom is -0.450 e.